The van der Waals surface area contributed by atoms with E-state index in [1.165, 1.54) is 28.8 Å². The van der Waals surface area contributed by atoms with Crippen molar-refractivity contribution in [1.29, 1.82) is 0 Å². The summed E-state index contributed by atoms with van der Waals surface area (Å²) in [7, 11) is -3.24. The molecule has 2 atom stereocenters. The molecule has 0 radical (unpaired) electrons. The van der Waals surface area contributed by atoms with Gasteiger partial charge in [-0.1, -0.05) is 39.3 Å². The number of halogens is 3. The topological polar surface area (TPSA) is 76.0 Å². The largest absolute Gasteiger partial charge is 0.484 e. The summed E-state index contributed by atoms with van der Waals surface area (Å²) in [6.45, 7) is -0.310. The highest BCUT2D eigenvalue weighted by molar-refractivity contribution is 9.10. The van der Waals surface area contributed by atoms with E-state index in [1.54, 1.807) is 30.3 Å². The minimum atomic E-state index is -3.24. The Kier molecular flexibility index (Phi) is 6.11. The molecule has 30 heavy (non-hydrogen) atoms. The molecular weight excluding hydrogens is 519 g/mol. The number of amidine groups is 1. The molecular formula is C19H15BrClFN2O4S2. The summed E-state index contributed by atoms with van der Waals surface area (Å²) in [5.74, 6) is -0.781. The molecule has 0 unspecified atom stereocenters. The highest BCUT2D eigenvalue weighted by atomic mass is 79.9. The van der Waals surface area contributed by atoms with Gasteiger partial charge in [0.25, 0.3) is 5.91 Å². The number of aliphatic imine (C=N–C) groups is 1. The number of hydrogen-bond acceptors (Lipinski definition) is 5. The van der Waals surface area contributed by atoms with Crippen molar-refractivity contribution in [1.82, 2.24) is 0 Å². The first-order valence-corrected chi connectivity index (χ1v) is 12.7. The lowest BCUT2D eigenvalue weighted by Crippen LogP contribution is -2.38. The van der Waals surface area contributed by atoms with Gasteiger partial charge in [0.15, 0.2) is 21.6 Å². The molecule has 6 nitrogen and oxygen atoms in total. The molecule has 2 heterocycles. The van der Waals surface area contributed by atoms with Crippen LogP contribution in [0.2, 0.25) is 5.02 Å². The van der Waals surface area contributed by atoms with Crippen LogP contribution in [0.1, 0.15) is 0 Å². The lowest BCUT2D eigenvalue weighted by molar-refractivity contribution is -0.119. The molecule has 11 heteroatoms. The van der Waals surface area contributed by atoms with Crippen LogP contribution < -0.4 is 9.64 Å². The van der Waals surface area contributed by atoms with Crippen molar-refractivity contribution < 1.29 is 22.3 Å². The van der Waals surface area contributed by atoms with Crippen molar-refractivity contribution in [2.45, 2.75) is 11.3 Å². The maximum absolute atomic E-state index is 14.7. The Bertz CT molecular complexity index is 1130. The number of ether oxygens (including phenoxy) is 1. The van der Waals surface area contributed by atoms with Gasteiger partial charge < -0.3 is 9.64 Å². The van der Waals surface area contributed by atoms with Gasteiger partial charge >= 0.3 is 0 Å². The van der Waals surface area contributed by atoms with Crippen LogP contribution in [0.4, 0.5) is 10.1 Å². The Morgan fingerprint density at radius 3 is 2.70 bits per heavy atom. The van der Waals surface area contributed by atoms with Crippen molar-refractivity contribution in [3.8, 4) is 5.75 Å². The molecule has 2 fully saturated rings. The van der Waals surface area contributed by atoms with Gasteiger partial charge in [0.05, 0.1) is 23.2 Å². The number of thioether (sulfide) groups is 1. The second-order valence-electron chi connectivity index (χ2n) is 6.80. The van der Waals surface area contributed by atoms with E-state index in [1.807, 2.05) is 0 Å². The van der Waals surface area contributed by atoms with Crippen LogP contribution in [0, 0.1) is 5.82 Å². The molecule has 0 bridgehead atoms. The molecule has 2 saturated heterocycles. The van der Waals surface area contributed by atoms with Crippen LogP contribution in [-0.2, 0) is 14.6 Å². The molecule has 2 aliphatic heterocycles. The number of amides is 1. The van der Waals surface area contributed by atoms with Gasteiger partial charge in [0.2, 0.25) is 0 Å². The van der Waals surface area contributed by atoms with Gasteiger partial charge in [0.1, 0.15) is 11.6 Å². The molecule has 0 spiro atoms. The highest BCUT2D eigenvalue weighted by Crippen LogP contribution is 2.42. The lowest BCUT2D eigenvalue weighted by Gasteiger charge is -2.25. The Labute approximate surface area is 190 Å². The monoisotopic (exact) mass is 532 g/mol. The summed E-state index contributed by atoms with van der Waals surface area (Å²) < 4.78 is 44.8. The lowest BCUT2D eigenvalue weighted by atomic mass is 10.2. The normalized spacial score (nSPS) is 23.6. The zero-order valence-electron chi connectivity index (χ0n) is 15.3. The highest BCUT2D eigenvalue weighted by Gasteiger charge is 2.50. The molecule has 0 saturated carbocycles. The average Bonchev–Trinajstić information content (AvgIpc) is 3.13. The Morgan fingerprint density at radius 1 is 1.27 bits per heavy atom. The van der Waals surface area contributed by atoms with Crippen LogP contribution in [0.15, 0.2) is 51.9 Å². The SMILES string of the molecule is O=C(COc1ccc(Cl)cc1)N=C1S[C@H]2CS(=O)(=O)C[C@@H]2N1c1ccc(Br)cc1F. The third-order valence-electron chi connectivity index (χ3n) is 4.63. The van der Waals surface area contributed by atoms with E-state index in [-0.39, 0.29) is 34.2 Å². The molecule has 0 N–H and O–H groups in total. The standard InChI is InChI=1S/C19H15BrClFN2O4S2/c20-11-1-6-15(14(22)7-11)24-16-9-30(26,27)10-17(16)29-19(24)23-18(25)8-28-13-4-2-12(21)3-5-13/h1-7,16-17H,8-10H2/t16-,17-/m0/s1. The van der Waals surface area contributed by atoms with Crippen LogP contribution in [0.25, 0.3) is 0 Å². The van der Waals surface area contributed by atoms with E-state index >= 15 is 0 Å². The first-order chi connectivity index (χ1) is 14.2. The number of benzene rings is 2. The summed E-state index contributed by atoms with van der Waals surface area (Å²) in [5.41, 5.74) is 0.181. The molecule has 2 aromatic rings. The van der Waals surface area contributed by atoms with E-state index in [2.05, 4.69) is 20.9 Å². The number of rotatable bonds is 4. The zero-order chi connectivity index (χ0) is 21.5. The van der Waals surface area contributed by atoms with Crippen molar-refractivity contribution in [3.63, 3.8) is 0 Å². The third kappa shape index (κ3) is 4.66. The van der Waals surface area contributed by atoms with E-state index in [0.29, 0.717) is 15.2 Å². The Hall–Kier alpha value is -1.62. The van der Waals surface area contributed by atoms with Crippen molar-refractivity contribution in [3.05, 3.63) is 57.8 Å². The van der Waals surface area contributed by atoms with Gasteiger partial charge in [-0.3, -0.25) is 4.79 Å². The van der Waals surface area contributed by atoms with Gasteiger partial charge in [0, 0.05) is 14.7 Å². The summed E-state index contributed by atoms with van der Waals surface area (Å²) in [4.78, 5) is 18.0. The maximum Gasteiger partial charge on any atom is 0.285 e. The summed E-state index contributed by atoms with van der Waals surface area (Å²) >= 11 is 10.2. The number of nitrogens with zero attached hydrogens (tertiary/aromatic N) is 2. The van der Waals surface area contributed by atoms with E-state index in [9.17, 15) is 17.6 Å². The van der Waals surface area contributed by atoms with E-state index in [4.69, 9.17) is 16.3 Å². The fraction of sp³-hybridized carbons (Fsp3) is 0.263. The summed E-state index contributed by atoms with van der Waals surface area (Å²) in [6, 6.07) is 10.5. The summed E-state index contributed by atoms with van der Waals surface area (Å²) in [6.07, 6.45) is 0. The molecule has 0 aliphatic carbocycles. The van der Waals surface area contributed by atoms with Crippen molar-refractivity contribution in [2.24, 2.45) is 4.99 Å². The van der Waals surface area contributed by atoms with Crippen molar-refractivity contribution >= 4 is 65.9 Å². The van der Waals surface area contributed by atoms with Gasteiger partial charge in [-0.2, -0.15) is 4.99 Å². The van der Waals surface area contributed by atoms with Crippen LogP contribution in [-0.4, -0.2) is 48.9 Å². The zero-order valence-corrected chi connectivity index (χ0v) is 19.3. The Morgan fingerprint density at radius 2 is 2.00 bits per heavy atom. The Balaban J connectivity index is 1.58. The first kappa shape index (κ1) is 21.6. The maximum atomic E-state index is 14.7. The van der Waals surface area contributed by atoms with Crippen LogP contribution >= 0.6 is 39.3 Å². The van der Waals surface area contributed by atoms with E-state index in [0.717, 1.165) is 0 Å². The number of hydrogen-bond donors (Lipinski definition) is 0. The second-order valence-corrected chi connectivity index (χ2v) is 11.5. The fourth-order valence-electron chi connectivity index (χ4n) is 3.34. The molecule has 1 amide bonds. The number of fused-ring (bicyclic) bond motifs is 1. The fourth-order valence-corrected chi connectivity index (χ4v) is 7.72. The van der Waals surface area contributed by atoms with Gasteiger partial charge in [-0.05, 0) is 42.5 Å². The molecule has 4 rings (SSSR count). The van der Waals surface area contributed by atoms with Crippen molar-refractivity contribution in [2.75, 3.05) is 23.0 Å². The summed E-state index contributed by atoms with van der Waals surface area (Å²) in [5, 5.41) is 0.498. The molecule has 2 aromatic carbocycles. The minimum absolute atomic E-state index is 0.0362. The number of anilines is 1. The molecule has 158 valence electrons. The first-order valence-electron chi connectivity index (χ1n) is 8.83. The number of carbonyl (C=O) groups excluding carboxylic acids is 1. The molecule has 2 aliphatic rings. The van der Waals surface area contributed by atoms with Gasteiger partial charge in [-0.15, -0.1) is 0 Å². The van der Waals surface area contributed by atoms with Crippen LogP contribution in [0.5, 0.6) is 5.75 Å². The smallest absolute Gasteiger partial charge is 0.285 e. The predicted molar refractivity (Wildman–Crippen MR) is 120 cm³/mol. The third-order valence-corrected chi connectivity index (χ3v) is 8.59. The van der Waals surface area contributed by atoms with E-state index < -0.39 is 27.6 Å². The quantitative estimate of drug-likeness (QED) is 0.593. The molecule has 0 aromatic heterocycles. The number of sulfone groups is 1. The second kappa shape index (κ2) is 8.49. The minimum Gasteiger partial charge on any atom is -0.484 e. The average molecular weight is 534 g/mol. The number of carbonyl (C=O) groups is 1. The van der Waals surface area contributed by atoms with Gasteiger partial charge in [-0.25, -0.2) is 12.8 Å². The predicted octanol–water partition coefficient (Wildman–Crippen LogP) is 3.92. The van der Waals surface area contributed by atoms with Crippen LogP contribution in [0.3, 0.4) is 0 Å².